The summed E-state index contributed by atoms with van der Waals surface area (Å²) in [4.78, 5) is 23.9. The lowest BCUT2D eigenvalue weighted by atomic mass is 9.86. The molecule has 0 atom stereocenters. The van der Waals surface area contributed by atoms with E-state index >= 15 is 0 Å². The molecule has 1 fully saturated rings. The molecule has 0 unspecified atom stereocenters. The van der Waals surface area contributed by atoms with E-state index < -0.39 is 0 Å². The molecule has 5 heteroatoms. The number of hydrogen-bond acceptors (Lipinski definition) is 3. The second-order valence-corrected chi connectivity index (χ2v) is 8.04. The summed E-state index contributed by atoms with van der Waals surface area (Å²) in [6, 6.07) is 8.08. The van der Waals surface area contributed by atoms with Crippen molar-refractivity contribution in [1.82, 2.24) is 10.6 Å². The van der Waals surface area contributed by atoms with Crippen LogP contribution in [0.2, 0.25) is 0 Å². The van der Waals surface area contributed by atoms with Crippen molar-refractivity contribution in [2.45, 2.75) is 70.8 Å². The summed E-state index contributed by atoms with van der Waals surface area (Å²) in [7, 11) is 0. The Morgan fingerprint density at radius 1 is 1.08 bits per heavy atom. The first-order chi connectivity index (χ1) is 12.4. The number of hydrogen-bond donors (Lipinski definition) is 2. The van der Waals surface area contributed by atoms with E-state index in [4.69, 9.17) is 4.74 Å². The molecule has 5 nitrogen and oxygen atoms in total. The fourth-order valence-corrected chi connectivity index (χ4v) is 3.27. The predicted molar refractivity (Wildman–Crippen MR) is 103 cm³/mol. The molecule has 26 heavy (non-hydrogen) atoms. The molecule has 0 spiro atoms. The lowest BCUT2D eigenvalue weighted by Crippen LogP contribution is -2.38. The Bertz CT molecular complexity index is 602. The third kappa shape index (κ3) is 6.70. The zero-order chi connectivity index (χ0) is 19.0. The topological polar surface area (TPSA) is 67.4 Å². The molecule has 2 N–H and O–H groups in total. The molecule has 2 rings (SSSR count). The van der Waals surface area contributed by atoms with E-state index in [-0.39, 0.29) is 23.8 Å². The standard InChI is InChI=1S/C21H32N2O3/c1-21(2,3)17-11-7-8-12-18(17)26-15-20(25)22-14-13-19(24)23-16-9-5-4-6-10-16/h7-8,11-12,16H,4-6,9-10,13-15H2,1-3H3,(H,22,25)(H,23,24). The van der Waals surface area contributed by atoms with Gasteiger partial charge >= 0.3 is 0 Å². The van der Waals surface area contributed by atoms with E-state index in [1.807, 2.05) is 24.3 Å². The molecule has 1 aromatic rings. The zero-order valence-corrected chi connectivity index (χ0v) is 16.3. The molecule has 0 heterocycles. The van der Waals surface area contributed by atoms with Crippen molar-refractivity contribution in [3.63, 3.8) is 0 Å². The van der Waals surface area contributed by atoms with Crippen LogP contribution in [0.1, 0.15) is 64.9 Å². The number of nitrogens with one attached hydrogen (secondary N) is 2. The first-order valence-corrected chi connectivity index (χ1v) is 9.64. The van der Waals surface area contributed by atoms with Crippen molar-refractivity contribution in [1.29, 1.82) is 0 Å². The van der Waals surface area contributed by atoms with E-state index in [9.17, 15) is 9.59 Å². The van der Waals surface area contributed by atoms with Gasteiger partial charge in [-0.3, -0.25) is 9.59 Å². The van der Waals surface area contributed by atoms with Gasteiger partial charge in [-0.25, -0.2) is 0 Å². The highest BCUT2D eigenvalue weighted by atomic mass is 16.5. The van der Waals surface area contributed by atoms with Crippen LogP contribution in [0.25, 0.3) is 0 Å². The van der Waals surface area contributed by atoms with Crippen molar-refractivity contribution in [3.05, 3.63) is 29.8 Å². The zero-order valence-electron chi connectivity index (χ0n) is 16.3. The van der Waals surface area contributed by atoms with Crippen molar-refractivity contribution >= 4 is 11.8 Å². The average Bonchev–Trinajstić information content (AvgIpc) is 2.60. The van der Waals surface area contributed by atoms with Crippen LogP contribution in [0.15, 0.2) is 24.3 Å². The maximum absolute atomic E-state index is 12.0. The summed E-state index contributed by atoms with van der Waals surface area (Å²) < 4.78 is 5.69. The summed E-state index contributed by atoms with van der Waals surface area (Å²) in [6.45, 7) is 6.62. The van der Waals surface area contributed by atoms with Gasteiger partial charge in [-0.1, -0.05) is 58.2 Å². The monoisotopic (exact) mass is 360 g/mol. The van der Waals surface area contributed by atoms with E-state index in [2.05, 4.69) is 31.4 Å². The lowest BCUT2D eigenvalue weighted by Gasteiger charge is -2.23. The average molecular weight is 360 g/mol. The predicted octanol–water partition coefficient (Wildman–Crippen LogP) is 3.32. The van der Waals surface area contributed by atoms with Gasteiger partial charge in [0.15, 0.2) is 6.61 Å². The first kappa shape index (κ1) is 20.3. The lowest BCUT2D eigenvalue weighted by molar-refractivity contribution is -0.124. The van der Waals surface area contributed by atoms with Gasteiger partial charge in [0, 0.05) is 19.0 Å². The van der Waals surface area contributed by atoms with Crippen LogP contribution in [-0.4, -0.2) is 31.0 Å². The fraction of sp³-hybridized carbons (Fsp3) is 0.619. The van der Waals surface area contributed by atoms with Crippen LogP contribution in [-0.2, 0) is 15.0 Å². The maximum atomic E-state index is 12.0. The molecule has 1 aliphatic rings. The highest BCUT2D eigenvalue weighted by Crippen LogP contribution is 2.30. The highest BCUT2D eigenvalue weighted by molar-refractivity contribution is 5.80. The third-order valence-corrected chi connectivity index (χ3v) is 4.70. The Balaban J connectivity index is 1.69. The van der Waals surface area contributed by atoms with Gasteiger partial charge in [-0.05, 0) is 29.9 Å². The van der Waals surface area contributed by atoms with Gasteiger partial charge in [0.05, 0.1) is 0 Å². The number of benzene rings is 1. The van der Waals surface area contributed by atoms with E-state index in [0.29, 0.717) is 19.0 Å². The smallest absolute Gasteiger partial charge is 0.257 e. The van der Waals surface area contributed by atoms with Crippen molar-refractivity contribution in [2.24, 2.45) is 0 Å². The van der Waals surface area contributed by atoms with Crippen LogP contribution in [0.4, 0.5) is 0 Å². The van der Waals surface area contributed by atoms with Crippen molar-refractivity contribution in [3.8, 4) is 5.75 Å². The van der Waals surface area contributed by atoms with Gasteiger partial charge < -0.3 is 15.4 Å². The number of carbonyl (C=O) groups is 2. The number of carbonyl (C=O) groups excluding carboxylic acids is 2. The van der Waals surface area contributed by atoms with E-state index in [1.165, 1.54) is 19.3 Å². The van der Waals surface area contributed by atoms with Gasteiger partial charge in [0.2, 0.25) is 5.91 Å². The summed E-state index contributed by atoms with van der Waals surface area (Å²) in [5, 5.41) is 5.81. The van der Waals surface area contributed by atoms with Gasteiger partial charge in [0.1, 0.15) is 5.75 Å². The highest BCUT2D eigenvalue weighted by Gasteiger charge is 2.19. The van der Waals surface area contributed by atoms with E-state index in [0.717, 1.165) is 24.2 Å². The van der Waals surface area contributed by atoms with Gasteiger partial charge in [-0.2, -0.15) is 0 Å². The molecule has 144 valence electrons. The van der Waals surface area contributed by atoms with Crippen LogP contribution >= 0.6 is 0 Å². The number of amides is 2. The Hall–Kier alpha value is -2.04. The molecule has 0 aliphatic heterocycles. The Morgan fingerprint density at radius 2 is 1.77 bits per heavy atom. The Labute approximate surface area is 156 Å². The second kappa shape index (κ2) is 9.60. The van der Waals surface area contributed by atoms with Crippen LogP contribution in [0.5, 0.6) is 5.75 Å². The summed E-state index contributed by atoms with van der Waals surface area (Å²) >= 11 is 0. The minimum atomic E-state index is -0.209. The molecule has 2 amide bonds. The molecule has 1 aliphatic carbocycles. The normalized spacial score (nSPS) is 15.3. The van der Waals surface area contributed by atoms with Crippen molar-refractivity contribution in [2.75, 3.05) is 13.2 Å². The molecular weight excluding hydrogens is 328 g/mol. The Kier molecular flexibility index (Phi) is 7.49. The summed E-state index contributed by atoms with van der Waals surface area (Å²) in [6.07, 6.45) is 6.09. The largest absolute Gasteiger partial charge is 0.483 e. The minimum absolute atomic E-state index is 0.0104. The number of ether oxygens (including phenoxy) is 1. The second-order valence-electron chi connectivity index (χ2n) is 8.04. The first-order valence-electron chi connectivity index (χ1n) is 9.64. The number of rotatable bonds is 7. The van der Waals surface area contributed by atoms with E-state index in [1.54, 1.807) is 0 Å². The van der Waals surface area contributed by atoms with Gasteiger partial charge in [0.25, 0.3) is 5.91 Å². The summed E-state index contributed by atoms with van der Waals surface area (Å²) in [5.41, 5.74) is 1.02. The minimum Gasteiger partial charge on any atom is -0.483 e. The molecular formula is C21H32N2O3. The molecule has 1 aromatic carbocycles. The van der Waals surface area contributed by atoms with Crippen LogP contribution < -0.4 is 15.4 Å². The van der Waals surface area contributed by atoms with Crippen LogP contribution in [0, 0.1) is 0 Å². The van der Waals surface area contributed by atoms with Crippen LogP contribution in [0.3, 0.4) is 0 Å². The SMILES string of the molecule is CC(C)(C)c1ccccc1OCC(=O)NCCC(=O)NC1CCCCC1. The third-order valence-electron chi connectivity index (χ3n) is 4.70. The Morgan fingerprint density at radius 3 is 2.46 bits per heavy atom. The number of para-hydroxylation sites is 1. The summed E-state index contributed by atoms with van der Waals surface area (Å²) in [5.74, 6) is 0.528. The molecule has 1 saturated carbocycles. The molecule has 0 radical (unpaired) electrons. The fourth-order valence-electron chi connectivity index (χ4n) is 3.27. The maximum Gasteiger partial charge on any atom is 0.257 e. The van der Waals surface area contributed by atoms with Gasteiger partial charge in [-0.15, -0.1) is 0 Å². The molecule has 0 aromatic heterocycles. The quantitative estimate of drug-likeness (QED) is 0.784. The molecule has 0 bridgehead atoms. The molecule has 0 saturated heterocycles. The van der Waals surface area contributed by atoms with Crippen molar-refractivity contribution < 1.29 is 14.3 Å².